The summed E-state index contributed by atoms with van der Waals surface area (Å²) in [6, 6.07) is 40.4. The van der Waals surface area contributed by atoms with Crippen molar-refractivity contribution in [3.05, 3.63) is 121 Å². The number of nitrogens with one attached hydrogen (secondary N) is 1. The number of halogens is 2. The molecule has 0 heterocycles. The van der Waals surface area contributed by atoms with Crippen LogP contribution >= 0.6 is 0 Å². The summed E-state index contributed by atoms with van der Waals surface area (Å²) in [5.41, 5.74) is 6.99. The molecule has 0 aromatic heterocycles. The van der Waals surface area contributed by atoms with Crippen LogP contribution in [0.15, 0.2) is 115 Å². The van der Waals surface area contributed by atoms with Crippen LogP contribution in [0.3, 0.4) is 0 Å². The van der Waals surface area contributed by atoms with Crippen LogP contribution in [0.4, 0.5) is 0 Å². The van der Waals surface area contributed by atoms with Gasteiger partial charge in [-0.05, 0) is 31.1 Å². The largest absolute Gasteiger partial charge is 4.00 e. The molecule has 0 spiro atoms. The molecule has 3 unspecified atom stereocenters. The van der Waals surface area contributed by atoms with E-state index in [1.165, 1.54) is 51.2 Å². The predicted octanol–water partition coefficient (Wildman–Crippen LogP) is 1.06. The first-order chi connectivity index (χ1) is 17.7. The topological polar surface area (TPSA) is 40.9 Å². The summed E-state index contributed by atoms with van der Waals surface area (Å²) in [7, 11) is 0.777. The molecule has 2 aliphatic rings. The Kier molecular flexibility index (Phi) is 13.8. The Morgan fingerprint density at radius 1 is 0.667 bits per heavy atom. The van der Waals surface area contributed by atoms with Crippen molar-refractivity contribution in [2.75, 3.05) is 0 Å². The number of carbonyl (C=O) groups is 1. The number of carbonyl (C=O) groups excluding carboxylic acids is 1. The van der Waals surface area contributed by atoms with Crippen molar-refractivity contribution >= 4 is 47.3 Å². The summed E-state index contributed by atoms with van der Waals surface area (Å²) < 4.78 is 0. The molecule has 1 N–H and O–H groups in total. The Morgan fingerprint density at radius 2 is 1.13 bits per heavy atom. The number of amides is 1. The van der Waals surface area contributed by atoms with E-state index >= 15 is 0 Å². The first-order valence-electron chi connectivity index (χ1n) is 12.8. The number of fused-ring (bicyclic) bond motifs is 5. The Bertz CT molecular complexity index is 1340. The number of rotatable bonds is 3. The molecule has 3 atom stereocenters. The van der Waals surface area contributed by atoms with Crippen LogP contribution < -0.4 is 35.2 Å². The Morgan fingerprint density at radius 3 is 1.51 bits per heavy atom. The summed E-state index contributed by atoms with van der Waals surface area (Å²) in [6.45, 7) is 0. The fourth-order valence-corrected chi connectivity index (χ4v) is 6.73. The van der Waals surface area contributed by atoms with E-state index in [0.29, 0.717) is 5.92 Å². The molecule has 2 nitrogen and oxygen atoms in total. The van der Waals surface area contributed by atoms with Crippen LogP contribution in [0.1, 0.15) is 25.7 Å². The van der Waals surface area contributed by atoms with Crippen molar-refractivity contribution in [3.8, 4) is 0 Å². The zero-order chi connectivity index (χ0) is 24.7. The molecule has 196 valence electrons. The normalized spacial score (nSPS) is 18.3. The SMILES string of the molecule is [Cl-].[Cl-].[NH-]C(=O)C1CC2CCC1C2.[Zr+4].c1ccc([Si]c2ccccc2)cc1.c1ccc2c(c1)[cH-]c1ccccc12. The van der Waals surface area contributed by atoms with Crippen molar-refractivity contribution in [1.82, 2.24) is 0 Å². The van der Waals surface area contributed by atoms with Gasteiger partial charge in [-0.2, -0.15) is 0 Å². The Balaban J connectivity index is 0.000000199. The average molecular weight is 648 g/mol. The van der Waals surface area contributed by atoms with Crippen LogP contribution in [0.5, 0.6) is 0 Å². The van der Waals surface area contributed by atoms with Crippen molar-refractivity contribution in [2.24, 2.45) is 17.8 Å². The van der Waals surface area contributed by atoms with E-state index in [4.69, 9.17) is 5.73 Å². The van der Waals surface area contributed by atoms with Crippen molar-refractivity contribution in [1.29, 1.82) is 0 Å². The van der Waals surface area contributed by atoms with Gasteiger partial charge in [-0.25, -0.2) is 0 Å². The van der Waals surface area contributed by atoms with Gasteiger partial charge in [0.1, 0.15) is 9.52 Å². The molecule has 2 fully saturated rings. The van der Waals surface area contributed by atoms with Crippen molar-refractivity contribution in [3.63, 3.8) is 0 Å². The Labute approximate surface area is 265 Å². The van der Waals surface area contributed by atoms with Gasteiger partial charge < -0.3 is 35.3 Å². The fourth-order valence-electron chi connectivity index (χ4n) is 5.68. The molecule has 0 saturated heterocycles. The van der Waals surface area contributed by atoms with Crippen molar-refractivity contribution in [2.45, 2.75) is 25.7 Å². The van der Waals surface area contributed by atoms with Gasteiger partial charge in [0.25, 0.3) is 0 Å². The van der Waals surface area contributed by atoms with E-state index in [-0.39, 0.29) is 62.8 Å². The minimum Gasteiger partial charge on any atom is -1.00 e. The van der Waals surface area contributed by atoms with Crippen LogP contribution in [0.2, 0.25) is 0 Å². The van der Waals surface area contributed by atoms with Crippen LogP contribution in [0, 0.1) is 17.8 Å². The molecule has 1 amide bonds. The molecule has 2 aliphatic carbocycles. The summed E-state index contributed by atoms with van der Waals surface area (Å²) in [4.78, 5) is 10.7. The third-order valence-corrected chi connectivity index (χ3v) is 8.68. The van der Waals surface area contributed by atoms with Gasteiger partial charge in [-0.15, -0.1) is 39.7 Å². The molecule has 2 saturated carbocycles. The van der Waals surface area contributed by atoms with E-state index in [0.717, 1.165) is 21.9 Å². The third-order valence-electron chi connectivity index (χ3n) is 7.43. The molecule has 7 rings (SSSR count). The summed E-state index contributed by atoms with van der Waals surface area (Å²) in [5, 5.41) is 8.19. The maximum absolute atomic E-state index is 10.7. The molecule has 6 heteroatoms. The molecule has 2 radical (unpaired) electrons. The fraction of sp³-hybridized carbons (Fsp3) is 0.212. The monoisotopic (exact) mass is 645 g/mol. The van der Waals surface area contributed by atoms with Gasteiger partial charge in [0, 0.05) is 5.92 Å². The van der Waals surface area contributed by atoms with Gasteiger partial charge >= 0.3 is 26.2 Å². The molecule has 5 aromatic carbocycles. The second kappa shape index (κ2) is 16.2. The molecule has 5 aromatic rings. The first-order valence-corrected chi connectivity index (χ1v) is 13.8. The van der Waals surface area contributed by atoms with E-state index in [9.17, 15) is 4.79 Å². The molecule has 0 aliphatic heterocycles. The Hall–Kier alpha value is -2.10. The van der Waals surface area contributed by atoms with E-state index in [1.807, 2.05) is 0 Å². The van der Waals surface area contributed by atoms with Gasteiger partial charge in [-0.3, -0.25) is 0 Å². The second-order valence-electron chi connectivity index (χ2n) is 9.82. The maximum Gasteiger partial charge on any atom is 4.00 e. The zero-order valence-corrected chi connectivity index (χ0v) is 26.7. The quantitative estimate of drug-likeness (QED) is 0.214. The summed E-state index contributed by atoms with van der Waals surface area (Å²) >= 11 is 0. The van der Waals surface area contributed by atoms with Crippen LogP contribution in [0.25, 0.3) is 27.3 Å². The molecular formula is C33H31Cl2NOSiZr. The van der Waals surface area contributed by atoms with Crippen molar-refractivity contribution < 1.29 is 55.8 Å². The number of hydrogen-bond donors (Lipinski definition) is 0. The predicted molar refractivity (Wildman–Crippen MR) is 153 cm³/mol. The second-order valence-corrected chi connectivity index (χ2v) is 11.2. The van der Waals surface area contributed by atoms with E-state index < -0.39 is 0 Å². The number of hydrogen-bond acceptors (Lipinski definition) is 1. The van der Waals surface area contributed by atoms with Gasteiger partial charge in [0.15, 0.2) is 0 Å². The third kappa shape index (κ3) is 8.69. The van der Waals surface area contributed by atoms with Gasteiger partial charge in [0.2, 0.25) is 0 Å². The number of benzene rings is 4. The van der Waals surface area contributed by atoms with E-state index in [1.54, 1.807) is 0 Å². The maximum atomic E-state index is 10.7. The molecule has 39 heavy (non-hydrogen) atoms. The molecule has 2 bridgehead atoms. The standard InChI is InChI=1S/C13H9.C12H10Si.C8H13NO.2ClH.Zr/c1-3-7-12-10(5-1)9-11-6-2-4-8-13(11)12;1-3-7-11(8-4-1)13-12-9-5-2-6-10-12;9-8(10)7-4-5-1-2-6(7)3-5;;;/h1-9H;1-10H;5-7H,1-4H2,(H2,9,10);2*1H;/q-1;;;;;+4/p-3. The minimum atomic E-state index is -0.313. The minimum absolute atomic E-state index is 0. The average Bonchev–Trinajstić information content (AvgIpc) is 3.65. The van der Waals surface area contributed by atoms with Gasteiger partial charge in [-0.1, -0.05) is 114 Å². The van der Waals surface area contributed by atoms with E-state index in [2.05, 4.69) is 115 Å². The summed E-state index contributed by atoms with van der Waals surface area (Å²) in [5.74, 6) is 1.20. The first kappa shape index (κ1) is 33.1. The van der Waals surface area contributed by atoms with Crippen LogP contribution in [-0.2, 0) is 31.0 Å². The summed E-state index contributed by atoms with van der Waals surface area (Å²) in [6.07, 6.45) is 4.77. The zero-order valence-electron chi connectivity index (χ0n) is 21.7. The van der Waals surface area contributed by atoms with Crippen LogP contribution in [-0.4, -0.2) is 15.4 Å². The molecular weight excluding hydrogens is 617 g/mol. The smallest absolute Gasteiger partial charge is 1.00 e. The van der Waals surface area contributed by atoms with Gasteiger partial charge in [0.05, 0.1) is 5.91 Å².